The molecule has 0 N–H and O–H groups in total. The number of Topliss-reactive ketones (excluding diaryl/α,β-unsaturated/α-hetero) is 2. The zero-order valence-corrected chi connectivity index (χ0v) is 7.76. The van der Waals surface area contributed by atoms with Crippen LogP contribution in [0.5, 0.6) is 0 Å². The van der Waals surface area contributed by atoms with Crippen molar-refractivity contribution in [2.45, 2.75) is 24.5 Å². The Kier molecular flexibility index (Phi) is 4.32. The van der Waals surface area contributed by atoms with E-state index in [9.17, 15) is 13.4 Å². The zero-order valence-electron chi connectivity index (χ0n) is 6.05. The topological polar surface area (TPSA) is 51.2 Å². The Bertz CT molecular complexity index is 156. The molecule has 0 saturated heterocycles. The Morgan fingerprint density at radius 2 is 1.40 bits per heavy atom. The molecule has 0 saturated carbocycles. The van der Waals surface area contributed by atoms with Crippen LogP contribution in [0.1, 0.15) is 13.8 Å². The maximum atomic E-state index is 10.8. The second-order valence-corrected chi connectivity index (χ2v) is 5.19. The number of rotatable bonds is 4. The summed E-state index contributed by atoms with van der Waals surface area (Å²) in [6, 6.07) is 0. The number of carbonyl (C=O) groups excluding carboxylic acids is 2. The molecule has 0 aliphatic rings. The van der Waals surface area contributed by atoms with Crippen molar-refractivity contribution in [2.24, 2.45) is 0 Å². The van der Waals surface area contributed by atoms with E-state index in [1.165, 1.54) is 13.8 Å². The second-order valence-electron chi connectivity index (χ2n) is 2.13. The molecule has 10 heavy (non-hydrogen) atoms. The van der Waals surface area contributed by atoms with Crippen LogP contribution in [0.25, 0.3) is 0 Å². The Morgan fingerprint density at radius 3 is 1.60 bits per heavy atom. The molecule has 0 spiro atoms. The van der Waals surface area contributed by atoms with Crippen molar-refractivity contribution >= 4 is 25.4 Å². The quantitative estimate of drug-likeness (QED) is 0.636. The Balaban J connectivity index is 3.65. The van der Waals surface area contributed by atoms with Crippen molar-refractivity contribution < 1.29 is 13.4 Å². The molecule has 0 aliphatic carbocycles. The average molecular weight is 209 g/mol. The van der Waals surface area contributed by atoms with E-state index in [1.807, 2.05) is 0 Å². The van der Waals surface area contributed by atoms with Crippen LogP contribution < -0.4 is 0 Å². The van der Waals surface area contributed by atoms with E-state index in [0.29, 0.717) is 0 Å². The van der Waals surface area contributed by atoms with Crippen molar-refractivity contribution in [3.63, 3.8) is 0 Å². The summed E-state index contributed by atoms with van der Waals surface area (Å²) in [4.78, 5) is 20.7. The van der Waals surface area contributed by atoms with E-state index in [2.05, 4.69) is 0 Å². The SMILES string of the molecule is CC(=O)C[Se](=O)CC(C)=O. The van der Waals surface area contributed by atoms with Crippen LogP contribution in [-0.4, -0.2) is 25.4 Å². The first kappa shape index (κ1) is 9.66. The molecule has 58 valence electrons. The molecule has 0 radical (unpaired) electrons. The number of ketones is 2. The van der Waals surface area contributed by atoms with Gasteiger partial charge in [-0.3, -0.25) is 0 Å². The fraction of sp³-hybridized carbons (Fsp3) is 0.667. The number of carbonyl (C=O) groups is 2. The first-order valence-corrected chi connectivity index (χ1v) is 5.98. The van der Waals surface area contributed by atoms with Gasteiger partial charge in [0.2, 0.25) is 0 Å². The molecule has 0 atom stereocenters. The molecule has 0 aromatic heterocycles. The second kappa shape index (κ2) is 4.47. The van der Waals surface area contributed by atoms with E-state index < -0.39 is 13.8 Å². The molecule has 0 fully saturated rings. The fourth-order valence-corrected chi connectivity index (χ4v) is 2.62. The standard InChI is InChI=1S/C6H10O3Se/c1-5(7)3-10(9)4-6(2)8/h3-4H2,1-2H3. The van der Waals surface area contributed by atoms with Crippen LogP contribution in [0.3, 0.4) is 0 Å². The molecule has 0 amide bonds. The normalized spacial score (nSPS) is 9.90. The summed E-state index contributed by atoms with van der Waals surface area (Å²) < 4.78 is 10.8. The summed E-state index contributed by atoms with van der Waals surface area (Å²) in [6.07, 6.45) is 0. The molecule has 0 rings (SSSR count). The zero-order chi connectivity index (χ0) is 8.15. The van der Waals surface area contributed by atoms with Gasteiger partial charge in [-0.25, -0.2) is 0 Å². The molecule has 3 nitrogen and oxygen atoms in total. The summed E-state index contributed by atoms with van der Waals surface area (Å²) in [5.41, 5.74) is 0. The van der Waals surface area contributed by atoms with E-state index in [4.69, 9.17) is 0 Å². The molecular weight excluding hydrogens is 199 g/mol. The minimum atomic E-state index is -2.14. The molecule has 0 heterocycles. The summed E-state index contributed by atoms with van der Waals surface area (Å²) >= 11 is -2.14. The maximum absolute atomic E-state index is 10.8. The summed E-state index contributed by atoms with van der Waals surface area (Å²) in [6.45, 7) is 2.77. The Hall–Kier alpha value is -0.341. The Morgan fingerprint density at radius 1 is 1.10 bits per heavy atom. The van der Waals surface area contributed by atoms with Gasteiger partial charge in [0.05, 0.1) is 0 Å². The molecule has 0 aromatic rings. The molecule has 0 unspecified atom stereocenters. The third-order valence-electron chi connectivity index (χ3n) is 0.729. The monoisotopic (exact) mass is 210 g/mol. The first-order chi connectivity index (χ1) is 4.52. The first-order valence-electron chi connectivity index (χ1n) is 2.86. The number of hydrogen-bond donors (Lipinski definition) is 0. The van der Waals surface area contributed by atoms with Gasteiger partial charge in [-0.05, 0) is 0 Å². The van der Waals surface area contributed by atoms with Gasteiger partial charge in [0.25, 0.3) is 0 Å². The average Bonchev–Trinajstić information content (AvgIpc) is 1.58. The molecule has 0 bridgehead atoms. The van der Waals surface area contributed by atoms with Gasteiger partial charge < -0.3 is 0 Å². The fourth-order valence-electron chi connectivity index (χ4n) is 0.504. The predicted octanol–water partition coefficient (Wildman–Crippen LogP) is 0.586. The third kappa shape index (κ3) is 5.79. The van der Waals surface area contributed by atoms with Crippen molar-refractivity contribution in [3.05, 3.63) is 0 Å². The van der Waals surface area contributed by atoms with Crippen LogP contribution in [-0.2, 0) is 13.4 Å². The third-order valence-corrected chi connectivity index (χ3v) is 3.79. The van der Waals surface area contributed by atoms with Crippen LogP contribution in [0.2, 0.25) is 10.6 Å². The number of hydrogen-bond acceptors (Lipinski definition) is 3. The molecule has 0 aromatic carbocycles. The molecule has 4 heteroatoms. The predicted molar refractivity (Wildman–Crippen MR) is 37.4 cm³/mol. The van der Waals surface area contributed by atoms with Crippen molar-refractivity contribution in [1.82, 2.24) is 0 Å². The van der Waals surface area contributed by atoms with Crippen LogP contribution in [0, 0.1) is 0 Å². The van der Waals surface area contributed by atoms with Crippen molar-refractivity contribution in [1.29, 1.82) is 0 Å². The Labute approximate surface area is 63.9 Å². The van der Waals surface area contributed by atoms with Crippen molar-refractivity contribution in [3.8, 4) is 0 Å². The van der Waals surface area contributed by atoms with Gasteiger partial charge in [-0.2, -0.15) is 0 Å². The van der Waals surface area contributed by atoms with Crippen molar-refractivity contribution in [2.75, 3.05) is 0 Å². The van der Waals surface area contributed by atoms with E-state index >= 15 is 0 Å². The van der Waals surface area contributed by atoms with Crippen LogP contribution in [0.4, 0.5) is 0 Å². The van der Waals surface area contributed by atoms with Gasteiger partial charge in [0, 0.05) is 0 Å². The van der Waals surface area contributed by atoms with Gasteiger partial charge >= 0.3 is 63.3 Å². The van der Waals surface area contributed by atoms with Gasteiger partial charge in [-0.1, -0.05) is 0 Å². The van der Waals surface area contributed by atoms with E-state index in [-0.39, 0.29) is 22.2 Å². The van der Waals surface area contributed by atoms with Gasteiger partial charge in [0.1, 0.15) is 0 Å². The molecular formula is C6H10O3Se. The van der Waals surface area contributed by atoms with Crippen LogP contribution >= 0.6 is 0 Å². The van der Waals surface area contributed by atoms with Gasteiger partial charge in [0.15, 0.2) is 0 Å². The van der Waals surface area contributed by atoms with Crippen LogP contribution in [0.15, 0.2) is 0 Å². The molecule has 0 aliphatic heterocycles. The summed E-state index contributed by atoms with van der Waals surface area (Å²) in [7, 11) is 0. The van der Waals surface area contributed by atoms with E-state index in [0.717, 1.165) is 0 Å². The van der Waals surface area contributed by atoms with Gasteiger partial charge in [-0.15, -0.1) is 0 Å². The summed E-state index contributed by atoms with van der Waals surface area (Å²) in [5, 5.41) is 0.194. The van der Waals surface area contributed by atoms with E-state index in [1.54, 1.807) is 0 Å². The minimum absolute atomic E-state index is 0.0961. The summed E-state index contributed by atoms with van der Waals surface area (Å²) in [5.74, 6) is -0.192.